The fourth-order valence-corrected chi connectivity index (χ4v) is 4.22. The van der Waals surface area contributed by atoms with Gasteiger partial charge in [-0.15, -0.1) is 11.3 Å². The maximum atomic E-state index is 12.4. The second-order valence-corrected chi connectivity index (χ2v) is 7.55. The van der Waals surface area contributed by atoms with Gasteiger partial charge >= 0.3 is 0 Å². The predicted octanol–water partition coefficient (Wildman–Crippen LogP) is 1.34. The standard InChI is InChI=1S/C18H19N5O3S/c1-10-11(2)20-9-23(18(10)26)8-16(25)21-17-14(6-19)13-4-5-22(12(3)24)7-15(13)27-17/h9H,4-5,7-8H2,1-3H3,(H,21,25). The molecular formula is C18H19N5O3S. The second kappa shape index (κ2) is 7.32. The van der Waals surface area contributed by atoms with Crippen LogP contribution in [0.1, 0.15) is 34.2 Å². The Balaban J connectivity index is 1.81. The number of carbonyl (C=O) groups excluding carboxylic acids is 2. The summed E-state index contributed by atoms with van der Waals surface area (Å²) in [5, 5.41) is 12.7. The number of carbonyl (C=O) groups is 2. The van der Waals surface area contributed by atoms with Crippen LogP contribution in [0.4, 0.5) is 5.00 Å². The Morgan fingerprint density at radius 1 is 1.41 bits per heavy atom. The van der Waals surface area contributed by atoms with Crippen LogP contribution in [0.5, 0.6) is 0 Å². The van der Waals surface area contributed by atoms with Gasteiger partial charge in [-0.2, -0.15) is 5.26 Å². The van der Waals surface area contributed by atoms with Crippen LogP contribution in [0.25, 0.3) is 0 Å². The van der Waals surface area contributed by atoms with Crippen molar-refractivity contribution in [2.75, 3.05) is 11.9 Å². The van der Waals surface area contributed by atoms with Crippen molar-refractivity contribution in [2.45, 2.75) is 40.3 Å². The largest absolute Gasteiger partial charge is 0.337 e. The van der Waals surface area contributed by atoms with Crippen LogP contribution in [0.3, 0.4) is 0 Å². The predicted molar refractivity (Wildman–Crippen MR) is 100 cm³/mol. The SMILES string of the molecule is CC(=O)N1CCc2c(sc(NC(=O)Cn3cnc(C)c(C)c3=O)c2C#N)C1. The Morgan fingerprint density at radius 3 is 2.81 bits per heavy atom. The third-order valence-corrected chi connectivity index (χ3v) is 5.83. The van der Waals surface area contributed by atoms with Crippen LogP contribution in [-0.4, -0.2) is 32.8 Å². The van der Waals surface area contributed by atoms with Gasteiger partial charge in [0.2, 0.25) is 11.8 Å². The van der Waals surface area contributed by atoms with E-state index < -0.39 is 5.91 Å². The number of rotatable bonds is 3. The summed E-state index contributed by atoms with van der Waals surface area (Å²) in [7, 11) is 0. The number of hydrogen-bond acceptors (Lipinski definition) is 6. The van der Waals surface area contributed by atoms with Crippen LogP contribution in [0.2, 0.25) is 0 Å². The highest BCUT2D eigenvalue weighted by Gasteiger charge is 2.26. The highest BCUT2D eigenvalue weighted by molar-refractivity contribution is 7.16. The molecule has 9 heteroatoms. The summed E-state index contributed by atoms with van der Waals surface area (Å²) in [5.41, 5.74) is 2.20. The number of anilines is 1. The van der Waals surface area contributed by atoms with E-state index >= 15 is 0 Å². The molecule has 27 heavy (non-hydrogen) atoms. The fourth-order valence-electron chi connectivity index (χ4n) is 2.99. The number of nitrogens with one attached hydrogen (secondary N) is 1. The molecule has 140 valence electrons. The second-order valence-electron chi connectivity index (χ2n) is 6.45. The van der Waals surface area contributed by atoms with Crippen molar-refractivity contribution in [1.82, 2.24) is 14.5 Å². The first-order valence-electron chi connectivity index (χ1n) is 8.44. The van der Waals surface area contributed by atoms with Gasteiger partial charge in [-0.05, 0) is 25.8 Å². The Morgan fingerprint density at radius 2 is 2.15 bits per heavy atom. The maximum Gasteiger partial charge on any atom is 0.256 e. The normalized spacial score (nSPS) is 13.0. The van der Waals surface area contributed by atoms with Gasteiger partial charge in [-0.3, -0.25) is 19.0 Å². The molecule has 1 aliphatic rings. The molecule has 2 amide bonds. The van der Waals surface area contributed by atoms with Crippen molar-refractivity contribution in [3.8, 4) is 6.07 Å². The zero-order chi connectivity index (χ0) is 19.7. The monoisotopic (exact) mass is 385 g/mol. The molecule has 3 rings (SSSR count). The van der Waals surface area contributed by atoms with E-state index in [2.05, 4.69) is 16.4 Å². The van der Waals surface area contributed by atoms with Gasteiger partial charge in [0.15, 0.2) is 0 Å². The van der Waals surface area contributed by atoms with Crippen molar-refractivity contribution in [3.63, 3.8) is 0 Å². The molecular weight excluding hydrogens is 366 g/mol. The van der Waals surface area contributed by atoms with Crippen LogP contribution in [-0.2, 0) is 29.1 Å². The molecule has 0 radical (unpaired) electrons. The molecule has 0 bridgehead atoms. The van der Waals surface area contributed by atoms with Crippen molar-refractivity contribution >= 4 is 28.2 Å². The molecule has 0 fully saturated rings. The van der Waals surface area contributed by atoms with Gasteiger partial charge in [0.05, 0.1) is 18.4 Å². The molecule has 0 atom stereocenters. The summed E-state index contributed by atoms with van der Waals surface area (Å²) in [5.74, 6) is -0.416. The molecule has 0 spiro atoms. The van der Waals surface area contributed by atoms with E-state index in [-0.39, 0.29) is 18.0 Å². The molecule has 1 N–H and O–H groups in total. The number of aryl methyl sites for hydroxylation is 1. The number of aromatic nitrogens is 2. The van der Waals surface area contributed by atoms with E-state index in [9.17, 15) is 19.6 Å². The van der Waals surface area contributed by atoms with Gasteiger partial charge < -0.3 is 10.2 Å². The zero-order valence-electron chi connectivity index (χ0n) is 15.3. The van der Waals surface area contributed by atoms with E-state index in [1.165, 1.54) is 29.2 Å². The molecule has 3 heterocycles. The maximum absolute atomic E-state index is 12.4. The average molecular weight is 385 g/mol. The smallest absolute Gasteiger partial charge is 0.256 e. The minimum atomic E-state index is -0.402. The first-order chi connectivity index (χ1) is 12.8. The number of hydrogen-bond donors (Lipinski definition) is 1. The zero-order valence-corrected chi connectivity index (χ0v) is 16.1. The van der Waals surface area contributed by atoms with Gasteiger partial charge in [0, 0.05) is 29.6 Å². The van der Waals surface area contributed by atoms with Crippen molar-refractivity contribution in [2.24, 2.45) is 0 Å². The highest BCUT2D eigenvalue weighted by Crippen LogP contribution is 2.36. The third kappa shape index (κ3) is 3.61. The van der Waals surface area contributed by atoms with Crippen LogP contribution >= 0.6 is 11.3 Å². The summed E-state index contributed by atoms with van der Waals surface area (Å²) in [6.07, 6.45) is 1.93. The minimum Gasteiger partial charge on any atom is -0.337 e. The van der Waals surface area contributed by atoms with E-state index in [0.29, 0.717) is 41.3 Å². The quantitative estimate of drug-likeness (QED) is 0.858. The van der Waals surface area contributed by atoms with Crippen LogP contribution < -0.4 is 10.9 Å². The van der Waals surface area contributed by atoms with Gasteiger partial charge in [-0.25, -0.2) is 4.98 Å². The number of nitrogens with zero attached hydrogens (tertiary/aromatic N) is 4. The summed E-state index contributed by atoms with van der Waals surface area (Å²) < 4.78 is 1.24. The lowest BCUT2D eigenvalue weighted by molar-refractivity contribution is -0.129. The summed E-state index contributed by atoms with van der Waals surface area (Å²) in [6, 6.07) is 2.16. The molecule has 0 aromatic carbocycles. The molecule has 2 aromatic heterocycles. The molecule has 0 aliphatic carbocycles. The lowest BCUT2D eigenvalue weighted by atomic mass is 10.0. The molecule has 0 unspecified atom stereocenters. The van der Waals surface area contributed by atoms with Crippen molar-refractivity contribution in [3.05, 3.63) is 43.9 Å². The molecule has 8 nitrogen and oxygen atoms in total. The Hall–Kier alpha value is -2.99. The lowest BCUT2D eigenvalue weighted by Gasteiger charge is -2.25. The molecule has 0 saturated heterocycles. The number of amides is 2. The Bertz CT molecular complexity index is 1030. The van der Waals surface area contributed by atoms with Crippen LogP contribution in [0, 0.1) is 25.2 Å². The Kier molecular flexibility index (Phi) is 5.10. The van der Waals surface area contributed by atoms with Crippen molar-refractivity contribution < 1.29 is 9.59 Å². The van der Waals surface area contributed by atoms with Crippen molar-refractivity contribution in [1.29, 1.82) is 5.26 Å². The number of thiophene rings is 1. The van der Waals surface area contributed by atoms with Gasteiger partial charge in [-0.1, -0.05) is 0 Å². The topological polar surface area (TPSA) is 108 Å². The van der Waals surface area contributed by atoms with E-state index in [4.69, 9.17) is 0 Å². The lowest BCUT2D eigenvalue weighted by Crippen LogP contribution is -2.33. The van der Waals surface area contributed by atoms with E-state index in [0.717, 1.165) is 10.4 Å². The van der Waals surface area contributed by atoms with E-state index in [1.54, 1.807) is 18.7 Å². The first kappa shape index (κ1) is 18.8. The Labute approximate surface area is 160 Å². The summed E-state index contributed by atoms with van der Waals surface area (Å²) in [4.78, 5) is 43.0. The number of nitriles is 1. The number of fused-ring (bicyclic) bond motifs is 1. The summed E-state index contributed by atoms with van der Waals surface area (Å²) in [6.45, 7) is 5.74. The first-order valence-corrected chi connectivity index (χ1v) is 9.26. The third-order valence-electron chi connectivity index (χ3n) is 4.70. The fraction of sp³-hybridized carbons (Fsp3) is 0.389. The molecule has 1 aliphatic heterocycles. The van der Waals surface area contributed by atoms with Gasteiger partial charge in [0.1, 0.15) is 17.6 Å². The minimum absolute atomic E-state index is 0.0141. The summed E-state index contributed by atoms with van der Waals surface area (Å²) >= 11 is 1.31. The van der Waals surface area contributed by atoms with E-state index in [1.807, 2.05) is 0 Å². The average Bonchev–Trinajstić information content (AvgIpc) is 2.98. The van der Waals surface area contributed by atoms with Gasteiger partial charge in [0.25, 0.3) is 5.56 Å². The molecule has 2 aromatic rings. The highest BCUT2D eigenvalue weighted by atomic mass is 32.1. The van der Waals surface area contributed by atoms with Crippen LogP contribution in [0.15, 0.2) is 11.1 Å². The molecule has 0 saturated carbocycles.